The highest BCUT2D eigenvalue weighted by Gasteiger charge is 2.46. The summed E-state index contributed by atoms with van der Waals surface area (Å²) < 4.78 is 18.3. The second-order valence-electron chi connectivity index (χ2n) is 2.87. The number of hydrogen-bond donors (Lipinski definition) is 1. The Morgan fingerprint density at radius 1 is 1.64 bits per heavy atom. The first-order valence-electron chi connectivity index (χ1n) is 4.62. The topological polar surface area (TPSA) is 46.5 Å². The molecule has 3 nitrogen and oxygen atoms in total. The Balaban J connectivity index is 4.60. The van der Waals surface area contributed by atoms with Gasteiger partial charge in [-0.25, -0.2) is 9.18 Å². The summed E-state index contributed by atoms with van der Waals surface area (Å²) in [6.45, 7) is 3.54. The second kappa shape index (κ2) is 6.24. The maximum Gasteiger partial charge on any atom is 0.357 e. The Labute approximate surface area is 88.0 Å². The zero-order chi connectivity index (χ0) is 11.2. The Bertz CT molecular complexity index is 189. The van der Waals surface area contributed by atoms with Crippen molar-refractivity contribution in [3.8, 4) is 0 Å². The number of halogens is 1. The third-order valence-electron chi connectivity index (χ3n) is 1.81. The number of aliphatic hydroxyl groups excluding tert-OH is 1. The maximum absolute atomic E-state index is 14.0. The number of esters is 1. The van der Waals surface area contributed by atoms with E-state index >= 15 is 0 Å². The van der Waals surface area contributed by atoms with Crippen LogP contribution in [0.1, 0.15) is 26.7 Å². The lowest BCUT2D eigenvalue weighted by molar-refractivity contribution is -0.154. The Morgan fingerprint density at radius 2 is 2.21 bits per heavy atom. The van der Waals surface area contributed by atoms with E-state index in [1.165, 1.54) is 0 Å². The van der Waals surface area contributed by atoms with Crippen molar-refractivity contribution in [3.63, 3.8) is 0 Å². The molecule has 1 unspecified atom stereocenters. The number of aliphatic hydroxyl groups is 1. The van der Waals surface area contributed by atoms with Gasteiger partial charge in [0.15, 0.2) is 0 Å². The highest BCUT2D eigenvalue weighted by Crippen LogP contribution is 2.34. The molecular weight excluding hydrogens is 207 g/mol. The van der Waals surface area contributed by atoms with Gasteiger partial charge in [-0.15, -0.1) is 11.8 Å². The molecule has 0 radical (unpaired) electrons. The highest BCUT2D eigenvalue weighted by molar-refractivity contribution is 8.01. The predicted octanol–water partition coefficient (Wildman–Crippen LogP) is 1.74. The molecule has 0 aliphatic rings. The van der Waals surface area contributed by atoms with Crippen LogP contribution < -0.4 is 0 Å². The molecule has 0 aliphatic carbocycles. The average Bonchev–Trinajstić information content (AvgIpc) is 2.17. The van der Waals surface area contributed by atoms with Crippen LogP contribution in [-0.4, -0.2) is 35.0 Å². The van der Waals surface area contributed by atoms with Crippen molar-refractivity contribution in [2.24, 2.45) is 0 Å². The van der Waals surface area contributed by atoms with Gasteiger partial charge in [0.2, 0.25) is 0 Å². The van der Waals surface area contributed by atoms with Crippen LogP contribution in [0.4, 0.5) is 4.39 Å². The Morgan fingerprint density at radius 3 is 2.57 bits per heavy atom. The third-order valence-corrected chi connectivity index (χ3v) is 2.96. The number of carbonyl (C=O) groups is 1. The SMILES string of the molecule is CCCC(O)[C@@](F)(SCC)C(=O)OC. The van der Waals surface area contributed by atoms with Crippen LogP contribution in [0.3, 0.4) is 0 Å². The summed E-state index contributed by atoms with van der Waals surface area (Å²) in [5.74, 6) is -0.600. The van der Waals surface area contributed by atoms with Crippen LogP contribution in [0.5, 0.6) is 0 Å². The Kier molecular flexibility index (Phi) is 6.11. The van der Waals surface area contributed by atoms with Crippen molar-refractivity contribution in [2.45, 2.75) is 37.8 Å². The van der Waals surface area contributed by atoms with Crippen LogP contribution in [0.2, 0.25) is 0 Å². The van der Waals surface area contributed by atoms with Crippen LogP contribution in [0.25, 0.3) is 0 Å². The molecule has 0 amide bonds. The predicted molar refractivity (Wildman–Crippen MR) is 54.9 cm³/mol. The van der Waals surface area contributed by atoms with E-state index in [2.05, 4.69) is 4.74 Å². The van der Waals surface area contributed by atoms with Crippen molar-refractivity contribution in [1.29, 1.82) is 0 Å². The van der Waals surface area contributed by atoms with E-state index in [4.69, 9.17) is 0 Å². The van der Waals surface area contributed by atoms with Crippen LogP contribution in [-0.2, 0) is 9.53 Å². The largest absolute Gasteiger partial charge is 0.466 e. The lowest BCUT2D eigenvalue weighted by Gasteiger charge is -2.26. The molecule has 1 N–H and O–H groups in total. The van der Waals surface area contributed by atoms with Crippen LogP contribution >= 0.6 is 11.8 Å². The molecular formula is C9H17FO3S. The summed E-state index contributed by atoms with van der Waals surface area (Å²) >= 11 is 0.768. The van der Waals surface area contributed by atoms with Gasteiger partial charge in [0.05, 0.1) is 7.11 Å². The van der Waals surface area contributed by atoms with E-state index < -0.39 is 17.1 Å². The minimum atomic E-state index is -2.32. The summed E-state index contributed by atoms with van der Waals surface area (Å²) in [6.07, 6.45) is -0.433. The van der Waals surface area contributed by atoms with Crippen LogP contribution in [0.15, 0.2) is 0 Å². The number of ether oxygens (including phenoxy) is 1. The molecule has 2 atom stereocenters. The molecule has 0 spiro atoms. The van der Waals surface area contributed by atoms with Gasteiger partial charge in [-0.05, 0) is 12.2 Å². The molecule has 0 rings (SSSR count). The van der Waals surface area contributed by atoms with Gasteiger partial charge in [0.1, 0.15) is 6.10 Å². The number of methoxy groups -OCH3 is 1. The van der Waals surface area contributed by atoms with Gasteiger partial charge in [-0.2, -0.15) is 0 Å². The van der Waals surface area contributed by atoms with E-state index in [9.17, 15) is 14.3 Å². The number of alkyl halides is 1. The molecule has 0 aromatic rings. The highest BCUT2D eigenvalue weighted by atomic mass is 32.2. The summed E-state index contributed by atoms with van der Waals surface area (Å²) in [7, 11) is 1.12. The van der Waals surface area contributed by atoms with E-state index in [1.54, 1.807) is 6.92 Å². The first-order chi connectivity index (χ1) is 6.52. The first-order valence-corrected chi connectivity index (χ1v) is 5.60. The summed E-state index contributed by atoms with van der Waals surface area (Å²) in [5, 5.41) is 7.18. The molecule has 14 heavy (non-hydrogen) atoms. The molecule has 5 heteroatoms. The van der Waals surface area contributed by atoms with Gasteiger partial charge in [0.25, 0.3) is 5.00 Å². The molecule has 0 aliphatic heterocycles. The summed E-state index contributed by atoms with van der Waals surface area (Å²) in [6, 6.07) is 0. The van der Waals surface area contributed by atoms with Crippen molar-refractivity contribution in [3.05, 3.63) is 0 Å². The van der Waals surface area contributed by atoms with E-state index in [1.807, 2.05) is 6.92 Å². The fourth-order valence-electron chi connectivity index (χ4n) is 1.10. The zero-order valence-corrected chi connectivity index (χ0v) is 9.57. The number of carbonyl (C=O) groups excluding carboxylic acids is 1. The summed E-state index contributed by atoms with van der Waals surface area (Å²) in [4.78, 5) is 11.2. The second-order valence-corrected chi connectivity index (χ2v) is 4.33. The Hall–Kier alpha value is -0.290. The average molecular weight is 224 g/mol. The first kappa shape index (κ1) is 13.7. The van der Waals surface area contributed by atoms with Gasteiger partial charge >= 0.3 is 5.97 Å². The molecule has 0 bridgehead atoms. The van der Waals surface area contributed by atoms with Gasteiger partial charge in [0, 0.05) is 0 Å². The minimum absolute atomic E-state index is 0.249. The quantitative estimate of drug-likeness (QED) is 0.698. The van der Waals surface area contributed by atoms with E-state index in [0.29, 0.717) is 12.2 Å². The molecule has 0 aromatic heterocycles. The number of hydrogen-bond acceptors (Lipinski definition) is 4. The summed E-state index contributed by atoms with van der Waals surface area (Å²) in [5.41, 5.74) is 0. The monoisotopic (exact) mass is 224 g/mol. The minimum Gasteiger partial charge on any atom is -0.466 e. The lowest BCUT2D eigenvalue weighted by atomic mass is 10.1. The smallest absolute Gasteiger partial charge is 0.357 e. The molecule has 84 valence electrons. The van der Waals surface area contributed by atoms with Gasteiger partial charge in [-0.3, -0.25) is 0 Å². The van der Waals surface area contributed by atoms with E-state index in [-0.39, 0.29) is 6.42 Å². The fourth-order valence-corrected chi connectivity index (χ4v) is 2.03. The third kappa shape index (κ3) is 3.13. The van der Waals surface area contributed by atoms with Crippen LogP contribution in [0, 0.1) is 0 Å². The van der Waals surface area contributed by atoms with Gasteiger partial charge < -0.3 is 9.84 Å². The maximum atomic E-state index is 14.0. The molecule has 0 saturated heterocycles. The number of thioether (sulfide) groups is 1. The number of rotatable bonds is 6. The molecule has 0 saturated carbocycles. The van der Waals surface area contributed by atoms with E-state index in [0.717, 1.165) is 18.9 Å². The molecule has 0 fully saturated rings. The van der Waals surface area contributed by atoms with Gasteiger partial charge in [-0.1, -0.05) is 20.3 Å². The van der Waals surface area contributed by atoms with Crippen molar-refractivity contribution < 1.29 is 19.0 Å². The zero-order valence-electron chi connectivity index (χ0n) is 8.75. The van der Waals surface area contributed by atoms with Crippen molar-refractivity contribution >= 4 is 17.7 Å². The van der Waals surface area contributed by atoms with Crippen molar-refractivity contribution in [1.82, 2.24) is 0 Å². The lowest BCUT2D eigenvalue weighted by Crippen LogP contribution is -2.43. The normalized spacial score (nSPS) is 17.2. The molecule has 0 aromatic carbocycles. The fraction of sp³-hybridized carbons (Fsp3) is 0.889. The van der Waals surface area contributed by atoms with Crippen molar-refractivity contribution in [2.75, 3.05) is 12.9 Å². The standard InChI is InChI=1S/C9H17FO3S/c1-4-6-7(11)9(10,14-5-2)8(12)13-3/h7,11H,4-6H2,1-3H3/t7?,9-/m1/s1. The molecule has 0 heterocycles.